The van der Waals surface area contributed by atoms with Crippen molar-refractivity contribution in [2.45, 2.75) is 12.6 Å². The van der Waals surface area contributed by atoms with E-state index in [0.29, 0.717) is 6.54 Å². The first-order valence-electron chi connectivity index (χ1n) is 6.10. The van der Waals surface area contributed by atoms with Gasteiger partial charge in [-0.25, -0.2) is 4.98 Å². The lowest BCUT2D eigenvalue weighted by atomic mass is 10.1. The Labute approximate surface area is 117 Å². The highest BCUT2D eigenvalue weighted by atomic mass is 32.1. The Hall–Kier alpha value is -1.43. The van der Waals surface area contributed by atoms with Crippen LogP contribution in [0.25, 0.3) is 0 Å². The van der Waals surface area contributed by atoms with Gasteiger partial charge < -0.3 is 10.5 Å². The van der Waals surface area contributed by atoms with E-state index in [1.165, 1.54) is 5.56 Å². The summed E-state index contributed by atoms with van der Waals surface area (Å²) in [5.74, 6) is 0.864. The molecule has 0 fully saturated rings. The molecule has 1 aromatic carbocycles. The normalized spacial score (nSPS) is 12.7. The largest absolute Gasteiger partial charge is 0.497 e. The van der Waals surface area contributed by atoms with Gasteiger partial charge in [-0.2, -0.15) is 0 Å². The van der Waals surface area contributed by atoms with Crippen molar-refractivity contribution in [1.82, 2.24) is 9.88 Å². The molecular weight excluding hydrogens is 258 g/mol. The van der Waals surface area contributed by atoms with Gasteiger partial charge in [-0.05, 0) is 31.8 Å². The molecule has 2 aromatic rings. The number of nitrogens with zero attached hydrogens (tertiary/aromatic N) is 2. The summed E-state index contributed by atoms with van der Waals surface area (Å²) in [7, 11) is 5.78. The van der Waals surface area contributed by atoms with Gasteiger partial charge in [0.15, 0.2) is 0 Å². The molecule has 2 rings (SSSR count). The van der Waals surface area contributed by atoms with E-state index >= 15 is 0 Å². The second-order valence-corrected chi connectivity index (χ2v) is 5.41. The van der Waals surface area contributed by atoms with Crippen molar-refractivity contribution >= 4 is 11.3 Å². The average molecular weight is 277 g/mol. The quantitative estimate of drug-likeness (QED) is 0.911. The van der Waals surface area contributed by atoms with Crippen LogP contribution in [0.5, 0.6) is 5.75 Å². The van der Waals surface area contributed by atoms with Crippen LogP contribution < -0.4 is 10.5 Å². The van der Waals surface area contributed by atoms with Gasteiger partial charge in [0.1, 0.15) is 10.8 Å². The van der Waals surface area contributed by atoms with E-state index in [0.717, 1.165) is 16.5 Å². The number of aromatic nitrogens is 1. The molecule has 0 bridgehead atoms. The van der Waals surface area contributed by atoms with Gasteiger partial charge in [-0.1, -0.05) is 12.1 Å². The van der Waals surface area contributed by atoms with Gasteiger partial charge >= 0.3 is 0 Å². The first-order valence-corrected chi connectivity index (χ1v) is 6.98. The van der Waals surface area contributed by atoms with Crippen LogP contribution in [0.1, 0.15) is 22.3 Å². The zero-order chi connectivity index (χ0) is 13.8. The molecule has 19 heavy (non-hydrogen) atoms. The number of nitrogens with two attached hydrogens (primary N) is 1. The van der Waals surface area contributed by atoms with Crippen LogP contribution in [-0.4, -0.2) is 31.1 Å². The molecule has 0 saturated heterocycles. The highest BCUT2D eigenvalue weighted by Gasteiger charge is 2.20. The summed E-state index contributed by atoms with van der Waals surface area (Å²) in [6, 6.07) is 8.25. The summed E-state index contributed by atoms with van der Waals surface area (Å²) in [4.78, 5) is 6.74. The number of hydrogen-bond donors (Lipinski definition) is 1. The molecule has 1 heterocycles. The molecule has 0 spiro atoms. The topological polar surface area (TPSA) is 51.4 Å². The van der Waals surface area contributed by atoms with Crippen molar-refractivity contribution in [3.05, 3.63) is 45.9 Å². The average Bonchev–Trinajstić information content (AvgIpc) is 2.88. The van der Waals surface area contributed by atoms with Gasteiger partial charge in [-0.15, -0.1) is 11.3 Å². The highest BCUT2D eigenvalue weighted by molar-refractivity contribution is 7.09. The number of ether oxygens (including phenoxy) is 1. The second kappa shape index (κ2) is 6.14. The Morgan fingerprint density at radius 2 is 2.00 bits per heavy atom. The second-order valence-electron chi connectivity index (χ2n) is 4.52. The molecule has 5 heteroatoms. The van der Waals surface area contributed by atoms with Gasteiger partial charge in [0.25, 0.3) is 0 Å². The third-order valence-electron chi connectivity index (χ3n) is 2.96. The minimum Gasteiger partial charge on any atom is -0.497 e. The molecule has 0 radical (unpaired) electrons. The number of rotatable bonds is 5. The smallest absolute Gasteiger partial charge is 0.118 e. The van der Waals surface area contributed by atoms with E-state index in [-0.39, 0.29) is 6.04 Å². The molecular formula is C14H19N3OS. The summed E-state index contributed by atoms with van der Waals surface area (Å²) in [6.45, 7) is 0.485. The maximum absolute atomic E-state index is 5.63. The zero-order valence-corrected chi connectivity index (χ0v) is 12.3. The minimum absolute atomic E-state index is 0.149. The molecule has 4 nitrogen and oxygen atoms in total. The van der Waals surface area contributed by atoms with Crippen LogP contribution in [0.2, 0.25) is 0 Å². The fourth-order valence-electron chi connectivity index (χ4n) is 1.99. The van der Waals surface area contributed by atoms with Crippen LogP contribution >= 0.6 is 11.3 Å². The predicted molar refractivity (Wildman–Crippen MR) is 78.5 cm³/mol. The van der Waals surface area contributed by atoms with Crippen LogP contribution in [0.4, 0.5) is 0 Å². The molecule has 2 N–H and O–H groups in total. The van der Waals surface area contributed by atoms with E-state index < -0.39 is 0 Å². The zero-order valence-electron chi connectivity index (χ0n) is 11.5. The summed E-state index contributed by atoms with van der Waals surface area (Å²) in [5.41, 5.74) is 7.77. The van der Waals surface area contributed by atoms with Gasteiger partial charge in [0, 0.05) is 11.9 Å². The molecule has 0 amide bonds. The first kappa shape index (κ1) is 14.0. The van der Waals surface area contributed by atoms with Crippen LogP contribution in [0.15, 0.2) is 29.6 Å². The molecule has 0 aliphatic carbocycles. The monoisotopic (exact) mass is 277 g/mol. The maximum Gasteiger partial charge on any atom is 0.118 e. The van der Waals surface area contributed by atoms with E-state index in [2.05, 4.69) is 36.1 Å². The minimum atomic E-state index is 0.149. The first-order chi connectivity index (χ1) is 9.15. The van der Waals surface area contributed by atoms with Gasteiger partial charge in [-0.3, -0.25) is 4.90 Å². The fraction of sp³-hybridized carbons (Fsp3) is 0.357. The van der Waals surface area contributed by atoms with Crippen molar-refractivity contribution in [2.75, 3.05) is 21.2 Å². The summed E-state index contributed by atoms with van der Waals surface area (Å²) >= 11 is 1.65. The molecule has 1 aromatic heterocycles. The lowest BCUT2D eigenvalue weighted by Crippen LogP contribution is -2.21. The molecule has 1 atom stereocenters. The Bertz CT molecular complexity index is 522. The van der Waals surface area contributed by atoms with Crippen LogP contribution in [0.3, 0.4) is 0 Å². The van der Waals surface area contributed by atoms with Crippen molar-refractivity contribution in [3.8, 4) is 5.75 Å². The van der Waals surface area contributed by atoms with Crippen molar-refractivity contribution in [1.29, 1.82) is 0 Å². The lowest BCUT2D eigenvalue weighted by molar-refractivity contribution is 0.340. The van der Waals surface area contributed by atoms with Crippen LogP contribution in [0, 0.1) is 0 Å². The highest BCUT2D eigenvalue weighted by Crippen LogP contribution is 2.30. The van der Waals surface area contributed by atoms with E-state index in [1.807, 2.05) is 17.5 Å². The third-order valence-corrected chi connectivity index (χ3v) is 3.91. The molecule has 1 unspecified atom stereocenters. The van der Waals surface area contributed by atoms with Crippen molar-refractivity contribution in [2.24, 2.45) is 5.73 Å². The predicted octanol–water partition coefficient (Wildman–Crippen LogP) is 2.26. The molecule has 102 valence electrons. The summed E-state index contributed by atoms with van der Waals surface area (Å²) in [6.07, 6.45) is 0. The summed E-state index contributed by atoms with van der Waals surface area (Å²) in [5, 5.41) is 3.09. The van der Waals surface area contributed by atoms with E-state index in [9.17, 15) is 0 Å². The summed E-state index contributed by atoms with van der Waals surface area (Å²) < 4.78 is 5.19. The standard InChI is InChI=1S/C14H19N3OS/c1-17(2)13(14-16-11(8-15)9-19-14)10-4-6-12(18-3)7-5-10/h4-7,9,13H,8,15H2,1-3H3. The third kappa shape index (κ3) is 3.12. The number of methoxy groups -OCH3 is 1. The Morgan fingerprint density at radius 3 is 2.47 bits per heavy atom. The number of hydrogen-bond acceptors (Lipinski definition) is 5. The fourth-order valence-corrected chi connectivity index (χ4v) is 3.04. The van der Waals surface area contributed by atoms with E-state index in [1.54, 1.807) is 18.4 Å². The van der Waals surface area contributed by atoms with Gasteiger partial charge in [0.05, 0.1) is 18.8 Å². The van der Waals surface area contributed by atoms with E-state index in [4.69, 9.17) is 10.5 Å². The van der Waals surface area contributed by atoms with Crippen molar-refractivity contribution < 1.29 is 4.74 Å². The Morgan fingerprint density at radius 1 is 1.32 bits per heavy atom. The molecule has 0 aliphatic heterocycles. The maximum atomic E-state index is 5.63. The number of benzene rings is 1. The SMILES string of the molecule is COc1ccc(C(c2nc(CN)cs2)N(C)C)cc1. The Kier molecular flexibility index (Phi) is 4.52. The lowest BCUT2D eigenvalue weighted by Gasteiger charge is -2.22. The molecule has 0 aliphatic rings. The van der Waals surface area contributed by atoms with Gasteiger partial charge in [0.2, 0.25) is 0 Å². The number of thiazole rings is 1. The van der Waals surface area contributed by atoms with Crippen LogP contribution in [-0.2, 0) is 6.54 Å². The Balaban J connectivity index is 2.33. The molecule has 0 saturated carbocycles. The van der Waals surface area contributed by atoms with Crippen molar-refractivity contribution in [3.63, 3.8) is 0 Å².